The van der Waals surface area contributed by atoms with Crippen LogP contribution >= 0.6 is 22.6 Å². The maximum Gasteiger partial charge on any atom is 0.339 e. The van der Waals surface area contributed by atoms with Crippen molar-refractivity contribution in [2.24, 2.45) is 0 Å². The van der Waals surface area contributed by atoms with E-state index in [-0.39, 0.29) is 11.3 Å². The molecule has 0 aliphatic rings. The highest BCUT2D eigenvalue weighted by molar-refractivity contribution is 14.1. The van der Waals surface area contributed by atoms with Crippen molar-refractivity contribution in [1.29, 1.82) is 0 Å². The van der Waals surface area contributed by atoms with E-state index in [2.05, 4.69) is 10.9 Å². The van der Waals surface area contributed by atoms with Crippen molar-refractivity contribution in [2.45, 2.75) is 6.92 Å². The first-order valence-electron chi connectivity index (χ1n) is 5.11. The van der Waals surface area contributed by atoms with Gasteiger partial charge in [-0.3, -0.25) is 20.4 Å². The van der Waals surface area contributed by atoms with Crippen molar-refractivity contribution in [1.82, 2.24) is 10.9 Å². The van der Waals surface area contributed by atoms with Crippen LogP contribution in [0, 0.1) is 3.57 Å². The molecule has 19 heavy (non-hydrogen) atoms. The molecule has 0 saturated heterocycles. The van der Waals surface area contributed by atoms with Gasteiger partial charge in [0.2, 0.25) is 5.91 Å². The fourth-order valence-electron chi connectivity index (χ4n) is 1.13. The van der Waals surface area contributed by atoms with E-state index in [1.54, 1.807) is 6.07 Å². The summed E-state index contributed by atoms with van der Waals surface area (Å²) in [7, 11) is 0. The van der Waals surface area contributed by atoms with E-state index < -0.39 is 24.4 Å². The van der Waals surface area contributed by atoms with Gasteiger partial charge >= 0.3 is 5.97 Å². The normalized spacial score (nSPS) is 9.58. The molecule has 1 aromatic carbocycles. The van der Waals surface area contributed by atoms with Gasteiger partial charge in [0.25, 0.3) is 5.91 Å². The van der Waals surface area contributed by atoms with Crippen LogP contribution in [0.15, 0.2) is 18.2 Å². The number of benzene rings is 1. The predicted octanol–water partition coefficient (Wildman–Crippen LogP) is 0.535. The molecule has 0 fully saturated rings. The van der Waals surface area contributed by atoms with E-state index in [9.17, 15) is 14.4 Å². The number of carbonyl (C=O) groups excluding carboxylic acids is 2. The minimum atomic E-state index is -1.14. The monoisotopic (exact) mass is 378 g/mol. The van der Waals surface area contributed by atoms with E-state index in [1.807, 2.05) is 22.6 Å². The minimum Gasteiger partial charge on any atom is -0.483 e. The van der Waals surface area contributed by atoms with Gasteiger partial charge in [-0.15, -0.1) is 0 Å². The quantitative estimate of drug-likeness (QED) is 0.524. The highest BCUT2D eigenvalue weighted by Crippen LogP contribution is 2.21. The number of ether oxygens (including phenoxy) is 1. The van der Waals surface area contributed by atoms with Gasteiger partial charge in [-0.25, -0.2) is 4.79 Å². The number of halogens is 1. The van der Waals surface area contributed by atoms with Crippen LogP contribution in [0.5, 0.6) is 5.75 Å². The second kappa shape index (κ2) is 6.92. The van der Waals surface area contributed by atoms with Crippen LogP contribution in [0.1, 0.15) is 17.3 Å². The van der Waals surface area contributed by atoms with Gasteiger partial charge in [-0.2, -0.15) is 0 Å². The third-order valence-electron chi connectivity index (χ3n) is 1.91. The van der Waals surface area contributed by atoms with Gasteiger partial charge < -0.3 is 9.84 Å². The number of carboxylic acid groups (broad SMARTS) is 1. The average molecular weight is 378 g/mol. The molecule has 1 rings (SSSR count). The number of rotatable bonds is 4. The molecule has 0 atom stereocenters. The largest absolute Gasteiger partial charge is 0.483 e. The van der Waals surface area contributed by atoms with Gasteiger partial charge in [-0.1, -0.05) is 0 Å². The number of amides is 2. The molecule has 0 unspecified atom stereocenters. The summed E-state index contributed by atoms with van der Waals surface area (Å²) in [6, 6.07) is 4.56. The van der Waals surface area contributed by atoms with Crippen molar-refractivity contribution in [3.63, 3.8) is 0 Å². The lowest BCUT2D eigenvalue weighted by molar-refractivity contribution is -0.129. The van der Waals surface area contributed by atoms with Crippen molar-refractivity contribution in [2.75, 3.05) is 6.61 Å². The maximum absolute atomic E-state index is 11.3. The molecule has 2 amide bonds. The molecule has 0 bridgehead atoms. The van der Waals surface area contributed by atoms with E-state index in [4.69, 9.17) is 9.84 Å². The molecule has 0 aliphatic carbocycles. The Morgan fingerprint density at radius 1 is 1.32 bits per heavy atom. The maximum atomic E-state index is 11.3. The van der Waals surface area contributed by atoms with Crippen LogP contribution in [-0.4, -0.2) is 29.5 Å². The lowest BCUT2D eigenvalue weighted by Crippen LogP contribution is -2.42. The first-order chi connectivity index (χ1) is 8.90. The van der Waals surface area contributed by atoms with E-state index >= 15 is 0 Å². The molecule has 0 radical (unpaired) electrons. The summed E-state index contributed by atoms with van der Waals surface area (Å²) >= 11 is 1.97. The number of nitrogens with one attached hydrogen (secondary N) is 2. The summed E-state index contributed by atoms with van der Waals surface area (Å²) < 4.78 is 5.84. The van der Waals surface area contributed by atoms with E-state index in [0.717, 1.165) is 3.57 Å². The predicted molar refractivity (Wildman–Crippen MR) is 73.6 cm³/mol. The minimum absolute atomic E-state index is 0.0285. The molecule has 0 spiro atoms. The molecule has 0 saturated carbocycles. The number of hydrazine groups is 1. The molecular formula is C11H11IN2O5. The summed E-state index contributed by atoms with van der Waals surface area (Å²) in [5, 5.41) is 8.99. The zero-order chi connectivity index (χ0) is 14.4. The molecular weight excluding hydrogens is 367 g/mol. The Hall–Kier alpha value is -1.84. The number of carbonyl (C=O) groups is 3. The first-order valence-corrected chi connectivity index (χ1v) is 6.19. The standard InChI is InChI=1S/C11H11IN2O5/c1-6(15)13-14-10(16)5-19-9-3-2-7(12)4-8(9)11(17)18/h2-4H,5H2,1H3,(H,13,15)(H,14,16)(H,17,18). The van der Waals surface area contributed by atoms with Crippen LogP contribution in [0.3, 0.4) is 0 Å². The lowest BCUT2D eigenvalue weighted by Gasteiger charge is -2.09. The molecule has 8 heteroatoms. The fraction of sp³-hybridized carbons (Fsp3) is 0.182. The molecule has 0 aromatic heterocycles. The van der Waals surface area contributed by atoms with E-state index in [1.165, 1.54) is 19.1 Å². The lowest BCUT2D eigenvalue weighted by atomic mass is 10.2. The third-order valence-corrected chi connectivity index (χ3v) is 2.58. The van der Waals surface area contributed by atoms with Crippen molar-refractivity contribution < 1.29 is 24.2 Å². The molecule has 0 heterocycles. The zero-order valence-corrected chi connectivity index (χ0v) is 12.1. The van der Waals surface area contributed by atoms with Crippen molar-refractivity contribution >= 4 is 40.4 Å². The van der Waals surface area contributed by atoms with Crippen LogP contribution in [0.2, 0.25) is 0 Å². The Labute approximate surface area is 122 Å². The Morgan fingerprint density at radius 3 is 2.58 bits per heavy atom. The smallest absolute Gasteiger partial charge is 0.339 e. The van der Waals surface area contributed by atoms with Crippen LogP contribution in [-0.2, 0) is 9.59 Å². The Balaban J connectivity index is 2.65. The highest BCUT2D eigenvalue weighted by atomic mass is 127. The number of hydrogen-bond acceptors (Lipinski definition) is 4. The Bertz CT molecular complexity index is 518. The number of aromatic carboxylic acids is 1. The number of carboxylic acids is 1. The van der Waals surface area contributed by atoms with Gasteiger partial charge in [0.05, 0.1) is 0 Å². The van der Waals surface area contributed by atoms with Gasteiger partial charge in [0.15, 0.2) is 6.61 Å². The summed E-state index contributed by atoms with van der Waals surface area (Å²) in [5.74, 6) is -2.07. The van der Waals surface area contributed by atoms with E-state index in [0.29, 0.717) is 0 Å². The average Bonchev–Trinajstić information content (AvgIpc) is 2.34. The third kappa shape index (κ3) is 5.12. The molecule has 1 aromatic rings. The molecule has 7 nitrogen and oxygen atoms in total. The second-order valence-electron chi connectivity index (χ2n) is 3.46. The number of hydrogen-bond donors (Lipinski definition) is 3. The second-order valence-corrected chi connectivity index (χ2v) is 4.71. The van der Waals surface area contributed by atoms with Crippen LogP contribution < -0.4 is 15.6 Å². The van der Waals surface area contributed by atoms with Gasteiger partial charge in [0.1, 0.15) is 11.3 Å². The summed E-state index contributed by atoms with van der Waals surface area (Å²) in [4.78, 5) is 32.8. The van der Waals surface area contributed by atoms with Gasteiger partial charge in [0, 0.05) is 10.5 Å². The van der Waals surface area contributed by atoms with Crippen molar-refractivity contribution in [3.05, 3.63) is 27.3 Å². The molecule has 0 aliphatic heterocycles. The molecule has 3 N–H and O–H groups in total. The van der Waals surface area contributed by atoms with Crippen molar-refractivity contribution in [3.8, 4) is 5.75 Å². The Morgan fingerprint density at radius 2 is 2.00 bits per heavy atom. The van der Waals surface area contributed by atoms with Gasteiger partial charge in [-0.05, 0) is 40.8 Å². The van der Waals surface area contributed by atoms with Crippen LogP contribution in [0.25, 0.3) is 0 Å². The SMILES string of the molecule is CC(=O)NNC(=O)COc1ccc(I)cc1C(=O)O. The Kier molecular flexibility index (Phi) is 5.55. The fourth-order valence-corrected chi connectivity index (χ4v) is 1.62. The topological polar surface area (TPSA) is 105 Å². The summed E-state index contributed by atoms with van der Waals surface area (Å²) in [6.45, 7) is 0.837. The summed E-state index contributed by atoms with van der Waals surface area (Å²) in [5.41, 5.74) is 4.16. The summed E-state index contributed by atoms with van der Waals surface area (Å²) in [6.07, 6.45) is 0. The zero-order valence-electron chi connectivity index (χ0n) is 9.90. The highest BCUT2D eigenvalue weighted by Gasteiger charge is 2.13. The van der Waals surface area contributed by atoms with Crippen LogP contribution in [0.4, 0.5) is 0 Å². The first kappa shape index (κ1) is 15.2. The molecule has 102 valence electrons.